The second-order valence-electron chi connectivity index (χ2n) is 6.17. The van der Waals surface area contributed by atoms with Crippen LogP contribution in [0.3, 0.4) is 0 Å². The number of anilines is 1. The van der Waals surface area contributed by atoms with Gasteiger partial charge < -0.3 is 15.0 Å². The number of benzene rings is 1. The summed E-state index contributed by atoms with van der Waals surface area (Å²) >= 11 is 0. The summed E-state index contributed by atoms with van der Waals surface area (Å²) in [7, 11) is 0. The van der Waals surface area contributed by atoms with E-state index in [1.165, 1.54) is 12.8 Å². The van der Waals surface area contributed by atoms with Gasteiger partial charge in [-0.25, -0.2) is 4.98 Å². The molecule has 1 aliphatic heterocycles. The van der Waals surface area contributed by atoms with Gasteiger partial charge in [0.1, 0.15) is 18.2 Å². The smallest absolute Gasteiger partial charge is 0.224 e. The molecule has 1 N–H and O–H groups in total. The Labute approximate surface area is 148 Å². The number of carbonyl (C=O) groups is 1. The van der Waals surface area contributed by atoms with E-state index in [1.54, 1.807) is 0 Å². The highest BCUT2D eigenvalue weighted by molar-refractivity contribution is 5.78. The van der Waals surface area contributed by atoms with Gasteiger partial charge in [0.2, 0.25) is 11.8 Å². The Morgan fingerprint density at radius 3 is 2.72 bits per heavy atom. The molecule has 2 heterocycles. The largest absolute Gasteiger partial charge is 0.476 e. The Morgan fingerprint density at radius 1 is 1.20 bits per heavy atom. The summed E-state index contributed by atoms with van der Waals surface area (Å²) in [4.78, 5) is 23.0. The van der Waals surface area contributed by atoms with Crippen molar-refractivity contribution in [2.24, 2.45) is 0 Å². The van der Waals surface area contributed by atoms with E-state index < -0.39 is 0 Å². The van der Waals surface area contributed by atoms with Gasteiger partial charge in [-0.2, -0.15) is 4.98 Å². The highest BCUT2D eigenvalue weighted by Gasteiger charge is 2.15. The fourth-order valence-electron chi connectivity index (χ4n) is 2.90. The van der Waals surface area contributed by atoms with Crippen molar-refractivity contribution in [2.45, 2.75) is 26.2 Å². The van der Waals surface area contributed by atoms with E-state index in [2.05, 4.69) is 20.2 Å². The SMILES string of the molecule is Cc1nc(OCCNC(=O)Cc2ccccc2)cc(N2CCCC2)n1. The molecule has 25 heavy (non-hydrogen) atoms. The molecule has 0 bridgehead atoms. The van der Waals surface area contributed by atoms with E-state index in [9.17, 15) is 4.79 Å². The maximum Gasteiger partial charge on any atom is 0.224 e. The lowest BCUT2D eigenvalue weighted by Gasteiger charge is -2.17. The lowest BCUT2D eigenvalue weighted by molar-refractivity contribution is -0.120. The molecular weight excluding hydrogens is 316 g/mol. The number of aryl methyl sites for hydroxylation is 1. The molecule has 6 nitrogen and oxygen atoms in total. The molecule has 0 atom stereocenters. The number of amides is 1. The second kappa shape index (κ2) is 8.46. The van der Waals surface area contributed by atoms with Crippen LogP contribution in [0.15, 0.2) is 36.4 Å². The first kappa shape index (κ1) is 17.2. The van der Waals surface area contributed by atoms with Crippen LogP contribution in [0.4, 0.5) is 5.82 Å². The Kier molecular flexibility index (Phi) is 5.82. The zero-order valence-electron chi connectivity index (χ0n) is 14.6. The monoisotopic (exact) mass is 340 g/mol. The fourth-order valence-corrected chi connectivity index (χ4v) is 2.90. The predicted octanol–water partition coefficient (Wildman–Crippen LogP) is 2.12. The molecule has 1 aromatic heterocycles. The van der Waals surface area contributed by atoms with Crippen LogP contribution in [0, 0.1) is 6.92 Å². The summed E-state index contributed by atoms with van der Waals surface area (Å²) in [6.07, 6.45) is 2.78. The van der Waals surface area contributed by atoms with Gasteiger partial charge >= 0.3 is 0 Å². The van der Waals surface area contributed by atoms with Gasteiger partial charge in [-0.05, 0) is 25.3 Å². The molecule has 1 amide bonds. The third-order valence-corrected chi connectivity index (χ3v) is 4.11. The third kappa shape index (κ3) is 5.17. The molecule has 1 aromatic carbocycles. The van der Waals surface area contributed by atoms with E-state index >= 15 is 0 Å². The van der Waals surface area contributed by atoms with Crippen LogP contribution in [0.5, 0.6) is 5.88 Å². The Morgan fingerprint density at radius 2 is 1.96 bits per heavy atom. The maximum atomic E-state index is 11.9. The summed E-state index contributed by atoms with van der Waals surface area (Å²) in [5.41, 5.74) is 1.00. The number of aromatic nitrogens is 2. The summed E-state index contributed by atoms with van der Waals surface area (Å²) in [5, 5.41) is 2.87. The first-order valence-corrected chi connectivity index (χ1v) is 8.75. The zero-order valence-corrected chi connectivity index (χ0v) is 14.6. The first-order valence-electron chi connectivity index (χ1n) is 8.75. The molecular formula is C19H24N4O2. The average Bonchev–Trinajstić information content (AvgIpc) is 3.14. The van der Waals surface area contributed by atoms with Gasteiger partial charge in [-0.1, -0.05) is 30.3 Å². The van der Waals surface area contributed by atoms with Crippen LogP contribution in [0.25, 0.3) is 0 Å². The van der Waals surface area contributed by atoms with Gasteiger partial charge in [-0.15, -0.1) is 0 Å². The lowest BCUT2D eigenvalue weighted by atomic mass is 10.1. The first-order chi connectivity index (χ1) is 12.2. The summed E-state index contributed by atoms with van der Waals surface area (Å²) < 4.78 is 5.70. The van der Waals surface area contributed by atoms with Crippen molar-refractivity contribution in [3.8, 4) is 5.88 Å². The quantitative estimate of drug-likeness (QED) is 0.782. The van der Waals surface area contributed by atoms with Crippen LogP contribution in [-0.2, 0) is 11.2 Å². The maximum absolute atomic E-state index is 11.9. The molecule has 0 aliphatic carbocycles. The molecule has 0 radical (unpaired) electrons. The Hall–Kier alpha value is -2.63. The highest BCUT2D eigenvalue weighted by Crippen LogP contribution is 2.21. The van der Waals surface area contributed by atoms with Crippen molar-refractivity contribution in [2.75, 3.05) is 31.1 Å². The molecule has 1 fully saturated rings. The fraction of sp³-hybridized carbons (Fsp3) is 0.421. The predicted molar refractivity (Wildman–Crippen MR) is 96.9 cm³/mol. The van der Waals surface area contributed by atoms with E-state index in [1.807, 2.05) is 43.3 Å². The number of rotatable bonds is 7. The number of nitrogens with zero attached hydrogens (tertiary/aromatic N) is 3. The van der Waals surface area contributed by atoms with Crippen molar-refractivity contribution >= 4 is 11.7 Å². The number of carbonyl (C=O) groups excluding carboxylic acids is 1. The van der Waals surface area contributed by atoms with Gasteiger partial charge in [0.25, 0.3) is 0 Å². The molecule has 0 saturated carbocycles. The van der Waals surface area contributed by atoms with E-state index in [4.69, 9.17) is 4.74 Å². The lowest BCUT2D eigenvalue weighted by Crippen LogP contribution is -2.29. The van der Waals surface area contributed by atoms with Crippen molar-refractivity contribution in [3.63, 3.8) is 0 Å². The Balaban J connectivity index is 1.45. The van der Waals surface area contributed by atoms with Gasteiger partial charge in [-0.3, -0.25) is 4.79 Å². The average molecular weight is 340 g/mol. The van der Waals surface area contributed by atoms with E-state index in [0.717, 1.165) is 24.5 Å². The zero-order chi connectivity index (χ0) is 17.5. The topological polar surface area (TPSA) is 67.3 Å². The van der Waals surface area contributed by atoms with Gasteiger partial charge in [0.15, 0.2) is 0 Å². The van der Waals surface area contributed by atoms with Gasteiger partial charge in [0, 0.05) is 19.2 Å². The number of nitrogens with one attached hydrogen (secondary N) is 1. The summed E-state index contributed by atoms with van der Waals surface area (Å²) in [5.74, 6) is 2.18. The van der Waals surface area contributed by atoms with Crippen molar-refractivity contribution in [3.05, 3.63) is 47.8 Å². The highest BCUT2D eigenvalue weighted by atomic mass is 16.5. The molecule has 132 valence electrons. The van der Waals surface area contributed by atoms with Crippen LogP contribution in [-0.4, -0.2) is 42.1 Å². The third-order valence-electron chi connectivity index (χ3n) is 4.11. The molecule has 0 spiro atoms. The molecule has 3 rings (SSSR count). The van der Waals surface area contributed by atoms with Crippen molar-refractivity contribution < 1.29 is 9.53 Å². The van der Waals surface area contributed by atoms with E-state index in [-0.39, 0.29) is 5.91 Å². The second-order valence-corrected chi connectivity index (χ2v) is 6.17. The summed E-state index contributed by atoms with van der Waals surface area (Å²) in [6, 6.07) is 11.6. The van der Waals surface area contributed by atoms with Crippen molar-refractivity contribution in [1.29, 1.82) is 0 Å². The molecule has 1 saturated heterocycles. The molecule has 6 heteroatoms. The minimum absolute atomic E-state index is 0.00794. The number of ether oxygens (including phenoxy) is 1. The van der Waals surface area contributed by atoms with Crippen LogP contribution < -0.4 is 15.0 Å². The van der Waals surface area contributed by atoms with Crippen molar-refractivity contribution in [1.82, 2.24) is 15.3 Å². The minimum Gasteiger partial charge on any atom is -0.476 e. The summed E-state index contributed by atoms with van der Waals surface area (Å²) in [6.45, 7) is 4.77. The number of hydrogen-bond acceptors (Lipinski definition) is 5. The van der Waals surface area contributed by atoms with E-state index in [0.29, 0.717) is 31.3 Å². The Bertz CT molecular complexity index is 700. The molecule has 2 aromatic rings. The number of hydrogen-bond donors (Lipinski definition) is 1. The van der Waals surface area contributed by atoms with Crippen LogP contribution in [0.1, 0.15) is 24.2 Å². The molecule has 1 aliphatic rings. The van der Waals surface area contributed by atoms with Gasteiger partial charge in [0.05, 0.1) is 13.0 Å². The minimum atomic E-state index is -0.00794. The van der Waals surface area contributed by atoms with Crippen LogP contribution in [0.2, 0.25) is 0 Å². The van der Waals surface area contributed by atoms with Crippen LogP contribution >= 0.6 is 0 Å². The standard InChI is InChI=1S/C19H24N4O2/c1-15-21-17(23-10-5-6-11-23)14-19(22-15)25-12-9-20-18(24)13-16-7-3-2-4-8-16/h2-4,7-8,14H,5-6,9-13H2,1H3,(H,20,24). The molecule has 0 unspecified atom stereocenters. The normalized spacial score (nSPS) is 13.7.